The van der Waals surface area contributed by atoms with Crippen molar-refractivity contribution >= 4 is 5.69 Å². The molecule has 0 aromatic heterocycles. The second-order valence-corrected chi connectivity index (χ2v) is 7.57. The van der Waals surface area contributed by atoms with E-state index in [0.717, 1.165) is 50.8 Å². The van der Waals surface area contributed by atoms with Crippen LogP contribution in [0.3, 0.4) is 0 Å². The fourth-order valence-corrected chi connectivity index (χ4v) is 3.57. The topological polar surface area (TPSA) is 24.9 Å². The number of piperazine rings is 1. The van der Waals surface area contributed by atoms with Gasteiger partial charge in [0.1, 0.15) is 18.1 Å². The van der Waals surface area contributed by atoms with Gasteiger partial charge in [0.2, 0.25) is 0 Å². The SMILES string of the molecule is COc1cccc(N2CCN(CCOc3cc(C)ccc3C(C)C)CC2)c1. The molecule has 1 fully saturated rings. The van der Waals surface area contributed by atoms with Crippen LogP contribution in [-0.4, -0.2) is 51.3 Å². The molecule has 1 saturated heterocycles. The van der Waals surface area contributed by atoms with Gasteiger partial charge in [-0.05, 0) is 42.2 Å². The molecule has 2 aromatic rings. The van der Waals surface area contributed by atoms with E-state index in [1.807, 2.05) is 6.07 Å². The van der Waals surface area contributed by atoms with Gasteiger partial charge in [-0.15, -0.1) is 0 Å². The maximum Gasteiger partial charge on any atom is 0.123 e. The zero-order chi connectivity index (χ0) is 19.2. The number of hydrogen-bond acceptors (Lipinski definition) is 4. The molecule has 0 aliphatic carbocycles. The molecule has 0 N–H and O–H groups in total. The van der Waals surface area contributed by atoms with Crippen molar-refractivity contribution in [2.45, 2.75) is 26.7 Å². The molecule has 0 saturated carbocycles. The number of aryl methyl sites for hydroxylation is 1. The van der Waals surface area contributed by atoms with Crippen LogP contribution >= 0.6 is 0 Å². The summed E-state index contributed by atoms with van der Waals surface area (Å²) in [6.07, 6.45) is 0. The molecule has 1 heterocycles. The molecular weight excluding hydrogens is 336 g/mol. The van der Waals surface area contributed by atoms with Crippen molar-refractivity contribution in [3.63, 3.8) is 0 Å². The van der Waals surface area contributed by atoms with E-state index in [-0.39, 0.29) is 0 Å². The Kier molecular flexibility index (Phi) is 6.62. The first-order valence-electron chi connectivity index (χ1n) is 9.91. The van der Waals surface area contributed by atoms with Crippen LogP contribution in [0.25, 0.3) is 0 Å². The highest BCUT2D eigenvalue weighted by molar-refractivity contribution is 5.51. The van der Waals surface area contributed by atoms with Crippen LogP contribution in [-0.2, 0) is 0 Å². The normalized spacial score (nSPS) is 15.2. The van der Waals surface area contributed by atoms with Crippen LogP contribution < -0.4 is 14.4 Å². The van der Waals surface area contributed by atoms with Crippen LogP contribution in [0.2, 0.25) is 0 Å². The summed E-state index contributed by atoms with van der Waals surface area (Å²) in [7, 11) is 1.72. The molecule has 1 aliphatic heterocycles. The van der Waals surface area contributed by atoms with Gasteiger partial charge in [0.05, 0.1) is 7.11 Å². The molecule has 0 radical (unpaired) electrons. The second-order valence-electron chi connectivity index (χ2n) is 7.57. The smallest absolute Gasteiger partial charge is 0.123 e. The van der Waals surface area contributed by atoms with Crippen LogP contribution in [0.1, 0.15) is 30.9 Å². The number of hydrogen-bond donors (Lipinski definition) is 0. The summed E-state index contributed by atoms with van der Waals surface area (Å²) in [6.45, 7) is 12.5. The number of anilines is 1. The highest BCUT2D eigenvalue weighted by Crippen LogP contribution is 2.27. The van der Waals surface area contributed by atoms with Crippen molar-refractivity contribution in [3.05, 3.63) is 53.6 Å². The third-order valence-corrected chi connectivity index (χ3v) is 5.25. The number of rotatable bonds is 7. The summed E-state index contributed by atoms with van der Waals surface area (Å²) in [6, 6.07) is 14.9. The van der Waals surface area contributed by atoms with Gasteiger partial charge >= 0.3 is 0 Å². The quantitative estimate of drug-likeness (QED) is 0.726. The summed E-state index contributed by atoms with van der Waals surface area (Å²) >= 11 is 0. The highest BCUT2D eigenvalue weighted by atomic mass is 16.5. The van der Waals surface area contributed by atoms with E-state index in [1.54, 1.807) is 7.11 Å². The van der Waals surface area contributed by atoms with Crippen molar-refractivity contribution in [2.24, 2.45) is 0 Å². The lowest BCUT2D eigenvalue weighted by Crippen LogP contribution is -2.47. The highest BCUT2D eigenvalue weighted by Gasteiger charge is 2.17. The molecule has 0 bridgehead atoms. The second kappa shape index (κ2) is 9.14. The van der Waals surface area contributed by atoms with Crippen LogP contribution in [0.4, 0.5) is 5.69 Å². The monoisotopic (exact) mass is 368 g/mol. The average molecular weight is 369 g/mol. The Morgan fingerprint density at radius 2 is 1.78 bits per heavy atom. The zero-order valence-corrected chi connectivity index (χ0v) is 17.1. The molecule has 146 valence electrons. The lowest BCUT2D eigenvalue weighted by atomic mass is 10.0. The minimum absolute atomic E-state index is 0.479. The molecule has 0 spiro atoms. The van der Waals surface area contributed by atoms with Crippen molar-refractivity contribution < 1.29 is 9.47 Å². The minimum Gasteiger partial charge on any atom is -0.497 e. The molecule has 1 aliphatic rings. The Balaban J connectivity index is 1.48. The van der Waals surface area contributed by atoms with Crippen LogP contribution in [0.15, 0.2) is 42.5 Å². The van der Waals surface area contributed by atoms with Gasteiger partial charge in [0, 0.05) is 44.5 Å². The lowest BCUT2D eigenvalue weighted by Gasteiger charge is -2.36. The van der Waals surface area contributed by atoms with E-state index in [2.05, 4.69) is 67.0 Å². The van der Waals surface area contributed by atoms with E-state index in [4.69, 9.17) is 9.47 Å². The fraction of sp³-hybridized carbons (Fsp3) is 0.478. The Hall–Kier alpha value is -2.20. The molecule has 27 heavy (non-hydrogen) atoms. The van der Waals surface area contributed by atoms with Crippen molar-refractivity contribution in [1.82, 2.24) is 4.90 Å². The Morgan fingerprint density at radius 1 is 1.00 bits per heavy atom. The third-order valence-electron chi connectivity index (χ3n) is 5.25. The Bertz CT molecular complexity index is 737. The van der Waals surface area contributed by atoms with Crippen LogP contribution in [0.5, 0.6) is 11.5 Å². The lowest BCUT2D eigenvalue weighted by molar-refractivity contribution is 0.199. The predicted molar refractivity (Wildman–Crippen MR) is 112 cm³/mol. The van der Waals surface area contributed by atoms with E-state index in [1.165, 1.54) is 16.8 Å². The van der Waals surface area contributed by atoms with Gasteiger partial charge in [-0.25, -0.2) is 0 Å². The van der Waals surface area contributed by atoms with Gasteiger partial charge in [-0.2, -0.15) is 0 Å². The number of ether oxygens (including phenoxy) is 2. The van der Waals surface area contributed by atoms with Crippen molar-refractivity contribution in [1.29, 1.82) is 0 Å². The summed E-state index contributed by atoms with van der Waals surface area (Å²) < 4.78 is 11.5. The Labute approximate surface area is 163 Å². The first-order chi connectivity index (χ1) is 13.1. The largest absolute Gasteiger partial charge is 0.497 e. The maximum absolute atomic E-state index is 6.15. The predicted octanol–water partition coefficient (Wildman–Crippen LogP) is 4.33. The maximum atomic E-state index is 6.15. The van der Waals surface area contributed by atoms with Gasteiger partial charge in [0.15, 0.2) is 0 Å². The molecule has 2 aromatic carbocycles. The first-order valence-corrected chi connectivity index (χ1v) is 9.91. The third kappa shape index (κ3) is 5.16. The van der Waals surface area contributed by atoms with E-state index in [0.29, 0.717) is 5.92 Å². The zero-order valence-electron chi connectivity index (χ0n) is 17.1. The van der Waals surface area contributed by atoms with E-state index >= 15 is 0 Å². The summed E-state index contributed by atoms with van der Waals surface area (Å²) in [5.74, 6) is 2.44. The molecule has 4 heteroatoms. The van der Waals surface area contributed by atoms with Gasteiger partial charge in [0.25, 0.3) is 0 Å². The molecule has 0 atom stereocenters. The fourth-order valence-electron chi connectivity index (χ4n) is 3.57. The molecule has 4 nitrogen and oxygen atoms in total. The van der Waals surface area contributed by atoms with Gasteiger partial charge in [-0.1, -0.05) is 32.0 Å². The van der Waals surface area contributed by atoms with E-state index in [9.17, 15) is 0 Å². The first kappa shape index (κ1) is 19.6. The Morgan fingerprint density at radius 3 is 2.48 bits per heavy atom. The molecule has 3 rings (SSSR count). The van der Waals surface area contributed by atoms with Gasteiger partial charge < -0.3 is 14.4 Å². The van der Waals surface area contributed by atoms with Crippen molar-refractivity contribution in [2.75, 3.05) is 51.3 Å². The van der Waals surface area contributed by atoms with E-state index < -0.39 is 0 Å². The number of benzene rings is 2. The molecular formula is C23H32N2O2. The van der Waals surface area contributed by atoms with Crippen molar-refractivity contribution in [3.8, 4) is 11.5 Å². The standard InChI is InChI=1S/C23H32N2O2/c1-18(2)22-9-8-19(3)16-23(22)27-15-14-24-10-12-25(13-11-24)20-6-5-7-21(17-20)26-4/h5-9,16-18H,10-15H2,1-4H3. The summed E-state index contributed by atoms with van der Waals surface area (Å²) in [5, 5.41) is 0. The molecule has 0 amide bonds. The average Bonchev–Trinajstić information content (AvgIpc) is 2.68. The summed E-state index contributed by atoms with van der Waals surface area (Å²) in [5.41, 5.74) is 3.79. The van der Waals surface area contributed by atoms with Gasteiger partial charge in [-0.3, -0.25) is 4.90 Å². The number of nitrogens with zero attached hydrogens (tertiary/aromatic N) is 2. The number of methoxy groups -OCH3 is 1. The van der Waals surface area contributed by atoms with Crippen LogP contribution in [0, 0.1) is 6.92 Å². The molecule has 0 unspecified atom stereocenters. The minimum atomic E-state index is 0.479. The summed E-state index contributed by atoms with van der Waals surface area (Å²) in [4.78, 5) is 4.92.